The van der Waals surface area contributed by atoms with Gasteiger partial charge in [0.25, 0.3) is 0 Å². The summed E-state index contributed by atoms with van der Waals surface area (Å²) in [5.41, 5.74) is -0.0190. The van der Waals surface area contributed by atoms with Gasteiger partial charge in [-0.3, -0.25) is 0 Å². The van der Waals surface area contributed by atoms with Crippen LogP contribution in [0.4, 0.5) is 0 Å². The first-order valence-electron chi connectivity index (χ1n) is 7.80. The zero-order valence-electron chi connectivity index (χ0n) is 12.6. The first-order chi connectivity index (χ1) is 9.19. The maximum absolute atomic E-state index is 9.75. The molecule has 4 heteroatoms. The maximum atomic E-state index is 9.75. The quantitative estimate of drug-likeness (QED) is 0.814. The number of hydrogen-bond acceptors (Lipinski definition) is 4. The van der Waals surface area contributed by atoms with E-state index in [0.29, 0.717) is 6.04 Å². The lowest BCUT2D eigenvalue weighted by molar-refractivity contribution is -0.0599. The molecule has 0 spiro atoms. The van der Waals surface area contributed by atoms with Crippen LogP contribution < -0.4 is 0 Å². The zero-order valence-corrected chi connectivity index (χ0v) is 12.6. The van der Waals surface area contributed by atoms with Gasteiger partial charge in [0, 0.05) is 24.6 Å². The maximum Gasteiger partial charge on any atom is 0.0556 e. The molecule has 2 rings (SSSR count). The average molecular weight is 270 g/mol. The van der Waals surface area contributed by atoms with Crippen molar-refractivity contribution in [3.8, 4) is 0 Å². The summed E-state index contributed by atoms with van der Waals surface area (Å²) in [7, 11) is 2.22. The predicted molar refractivity (Wildman–Crippen MR) is 77.3 cm³/mol. The van der Waals surface area contributed by atoms with Gasteiger partial charge in [-0.1, -0.05) is 6.92 Å². The average Bonchev–Trinajstić information content (AvgIpc) is 2.48. The van der Waals surface area contributed by atoms with Crippen LogP contribution in [0.3, 0.4) is 0 Å². The van der Waals surface area contributed by atoms with Crippen LogP contribution >= 0.6 is 0 Å². The summed E-state index contributed by atoms with van der Waals surface area (Å²) >= 11 is 0. The van der Waals surface area contributed by atoms with Crippen molar-refractivity contribution in [1.29, 1.82) is 0 Å². The topological polar surface area (TPSA) is 35.9 Å². The summed E-state index contributed by atoms with van der Waals surface area (Å²) in [5, 5.41) is 9.75. The molecule has 0 aromatic carbocycles. The fourth-order valence-corrected chi connectivity index (χ4v) is 3.54. The first kappa shape index (κ1) is 15.2. The second-order valence-electron chi connectivity index (χ2n) is 6.39. The van der Waals surface area contributed by atoms with Crippen LogP contribution in [-0.2, 0) is 4.74 Å². The van der Waals surface area contributed by atoms with Gasteiger partial charge in [0.2, 0.25) is 0 Å². The molecular weight excluding hydrogens is 240 g/mol. The summed E-state index contributed by atoms with van der Waals surface area (Å²) in [6.45, 7) is 8.66. The van der Waals surface area contributed by atoms with E-state index in [4.69, 9.17) is 4.74 Å². The molecule has 0 aromatic rings. The highest BCUT2D eigenvalue weighted by molar-refractivity contribution is 4.87. The SMILES string of the molecule is CCN1CCC(N(C)CC2(CO)CCCOC2)CC1. The molecule has 0 amide bonds. The van der Waals surface area contributed by atoms with Gasteiger partial charge in [-0.25, -0.2) is 0 Å². The number of ether oxygens (including phenoxy) is 1. The zero-order chi connectivity index (χ0) is 13.7. The van der Waals surface area contributed by atoms with Crippen LogP contribution in [0, 0.1) is 5.41 Å². The van der Waals surface area contributed by atoms with E-state index >= 15 is 0 Å². The monoisotopic (exact) mass is 270 g/mol. The third kappa shape index (κ3) is 3.91. The van der Waals surface area contributed by atoms with Crippen LogP contribution in [-0.4, -0.2) is 74.0 Å². The molecule has 2 fully saturated rings. The van der Waals surface area contributed by atoms with Crippen molar-refractivity contribution in [2.75, 3.05) is 53.0 Å². The predicted octanol–water partition coefficient (Wildman–Crippen LogP) is 1.19. The van der Waals surface area contributed by atoms with E-state index < -0.39 is 0 Å². The number of likely N-dealkylation sites (tertiary alicyclic amines) is 1. The van der Waals surface area contributed by atoms with Crippen LogP contribution in [0.2, 0.25) is 0 Å². The van der Waals surface area contributed by atoms with Crippen molar-refractivity contribution in [1.82, 2.24) is 9.80 Å². The molecule has 2 aliphatic heterocycles. The normalized spacial score (nSPS) is 30.9. The number of hydrogen-bond donors (Lipinski definition) is 1. The molecular formula is C15H30N2O2. The lowest BCUT2D eigenvalue weighted by Crippen LogP contribution is -2.50. The van der Waals surface area contributed by atoms with Gasteiger partial charge in [-0.05, 0) is 52.4 Å². The van der Waals surface area contributed by atoms with Gasteiger partial charge in [0.05, 0.1) is 13.2 Å². The Balaban J connectivity index is 1.84. The summed E-state index contributed by atoms with van der Waals surface area (Å²) in [5.74, 6) is 0. The van der Waals surface area contributed by atoms with Gasteiger partial charge < -0.3 is 19.6 Å². The molecule has 1 unspecified atom stereocenters. The molecule has 2 saturated heterocycles. The Morgan fingerprint density at radius 1 is 1.37 bits per heavy atom. The highest BCUT2D eigenvalue weighted by Crippen LogP contribution is 2.30. The molecule has 2 aliphatic rings. The third-order valence-corrected chi connectivity index (χ3v) is 4.95. The second kappa shape index (κ2) is 7.02. The Morgan fingerprint density at radius 3 is 2.63 bits per heavy atom. The summed E-state index contributed by atoms with van der Waals surface area (Å²) in [6.07, 6.45) is 4.70. The van der Waals surface area contributed by atoms with Gasteiger partial charge in [-0.15, -0.1) is 0 Å². The minimum absolute atomic E-state index is 0.0190. The van der Waals surface area contributed by atoms with Crippen LogP contribution in [0.1, 0.15) is 32.6 Å². The van der Waals surface area contributed by atoms with Crippen LogP contribution in [0.25, 0.3) is 0 Å². The molecule has 0 radical (unpaired) electrons. The molecule has 2 heterocycles. The van der Waals surface area contributed by atoms with E-state index in [0.717, 1.165) is 32.6 Å². The fourth-order valence-electron chi connectivity index (χ4n) is 3.54. The molecule has 19 heavy (non-hydrogen) atoms. The van der Waals surface area contributed by atoms with Gasteiger partial charge in [0.15, 0.2) is 0 Å². The Bertz CT molecular complexity index is 259. The van der Waals surface area contributed by atoms with E-state index in [2.05, 4.69) is 23.8 Å². The summed E-state index contributed by atoms with van der Waals surface area (Å²) < 4.78 is 5.60. The molecule has 1 N–H and O–H groups in total. The smallest absolute Gasteiger partial charge is 0.0556 e. The fraction of sp³-hybridized carbons (Fsp3) is 1.00. The van der Waals surface area contributed by atoms with E-state index in [1.807, 2.05) is 0 Å². The van der Waals surface area contributed by atoms with E-state index in [-0.39, 0.29) is 12.0 Å². The Morgan fingerprint density at radius 2 is 2.11 bits per heavy atom. The number of piperidine rings is 1. The highest BCUT2D eigenvalue weighted by atomic mass is 16.5. The van der Waals surface area contributed by atoms with Crippen LogP contribution in [0.5, 0.6) is 0 Å². The highest BCUT2D eigenvalue weighted by Gasteiger charge is 2.35. The lowest BCUT2D eigenvalue weighted by Gasteiger charge is -2.43. The Kier molecular flexibility index (Phi) is 5.63. The van der Waals surface area contributed by atoms with Crippen molar-refractivity contribution in [3.63, 3.8) is 0 Å². The largest absolute Gasteiger partial charge is 0.396 e. The number of aliphatic hydroxyl groups is 1. The molecule has 0 aromatic heterocycles. The van der Waals surface area contributed by atoms with E-state index in [9.17, 15) is 5.11 Å². The molecule has 0 aliphatic carbocycles. The van der Waals surface area contributed by atoms with Crippen LogP contribution in [0.15, 0.2) is 0 Å². The lowest BCUT2D eigenvalue weighted by atomic mass is 9.82. The molecule has 0 bridgehead atoms. The standard InChI is InChI=1S/C15H30N2O2/c1-3-17-8-5-14(6-9-17)16(2)11-15(12-18)7-4-10-19-13-15/h14,18H,3-13H2,1-2H3. The van der Waals surface area contributed by atoms with Gasteiger partial charge in [0.1, 0.15) is 0 Å². The minimum Gasteiger partial charge on any atom is -0.396 e. The minimum atomic E-state index is -0.0190. The number of nitrogens with zero attached hydrogens (tertiary/aromatic N) is 2. The van der Waals surface area contributed by atoms with E-state index in [1.165, 1.54) is 32.5 Å². The second-order valence-corrected chi connectivity index (χ2v) is 6.39. The van der Waals surface area contributed by atoms with E-state index in [1.54, 1.807) is 0 Å². The van der Waals surface area contributed by atoms with Gasteiger partial charge >= 0.3 is 0 Å². The van der Waals surface area contributed by atoms with Crippen molar-refractivity contribution >= 4 is 0 Å². The first-order valence-corrected chi connectivity index (χ1v) is 7.80. The van der Waals surface area contributed by atoms with Gasteiger partial charge in [-0.2, -0.15) is 0 Å². The third-order valence-electron chi connectivity index (χ3n) is 4.95. The number of rotatable bonds is 5. The number of aliphatic hydroxyl groups excluding tert-OH is 1. The van der Waals surface area contributed by atoms with Crippen molar-refractivity contribution in [2.45, 2.75) is 38.6 Å². The van der Waals surface area contributed by atoms with Crippen molar-refractivity contribution in [2.24, 2.45) is 5.41 Å². The van der Waals surface area contributed by atoms with Crippen molar-refractivity contribution in [3.05, 3.63) is 0 Å². The Hall–Kier alpha value is -0.160. The summed E-state index contributed by atoms with van der Waals surface area (Å²) in [6, 6.07) is 0.674. The molecule has 4 nitrogen and oxygen atoms in total. The molecule has 112 valence electrons. The van der Waals surface area contributed by atoms with Crippen molar-refractivity contribution < 1.29 is 9.84 Å². The summed E-state index contributed by atoms with van der Waals surface area (Å²) in [4.78, 5) is 4.99. The molecule has 1 atom stereocenters. The molecule has 0 saturated carbocycles. The Labute approximate surface area is 117 Å².